The molecule has 1 aliphatic rings. The van der Waals surface area contributed by atoms with Crippen molar-refractivity contribution in [3.63, 3.8) is 0 Å². The van der Waals surface area contributed by atoms with Crippen molar-refractivity contribution in [1.82, 2.24) is 5.32 Å². The summed E-state index contributed by atoms with van der Waals surface area (Å²) in [4.78, 5) is 24.1. The van der Waals surface area contributed by atoms with Crippen molar-refractivity contribution in [3.8, 4) is 0 Å². The summed E-state index contributed by atoms with van der Waals surface area (Å²) in [5.41, 5.74) is -1.09. The quantitative estimate of drug-likeness (QED) is 0.505. The van der Waals surface area contributed by atoms with Crippen LogP contribution in [0.4, 0.5) is 0 Å². The number of unbranched alkanes of at least 4 members (excludes halogenated alkanes) is 1. The zero-order valence-electron chi connectivity index (χ0n) is 13.4. The third kappa shape index (κ3) is 4.87. The van der Waals surface area contributed by atoms with Crippen LogP contribution in [0.25, 0.3) is 0 Å². The predicted octanol–water partition coefficient (Wildman–Crippen LogP) is 3.52. The molecule has 21 heavy (non-hydrogen) atoms. The third-order valence-corrected chi connectivity index (χ3v) is 4.34. The molecule has 1 aliphatic carbocycles. The van der Waals surface area contributed by atoms with Crippen LogP contribution >= 0.6 is 0 Å². The smallest absolute Gasteiger partial charge is 0.329 e. The van der Waals surface area contributed by atoms with E-state index in [4.69, 9.17) is 0 Å². The highest BCUT2D eigenvalue weighted by Gasteiger charge is 2.47. The fourth-order valence-corrected chi connectivity index (χ4v) is 3.42. The maximum Gasteiger partial charge on any atom is 0.329 e. The van der Waals surface area contributed by atoms with Crippen LogP contribution < -0.4 is 5.32 Å². The van der Waals surface area contributed by atoms with Gasteiger partial charge >= 0.3 is 5.97 Å². The highest BCUT2D eigenvalue weighted by atomic mass is 16.4. The summed E-state index contributed by atoms with van der Waals surface area (Å²) in [6.07, 6.45) is 8.06. The monoisotopic (exact) mass is 295 g/mol. The lowest BCUT2D eigenvalue weighted by molar-refractivity contribution is -0.151. The second-order valence-electron chi connectivity index (χ2n) is 6.58. The number of carbonyl (C=O) groups is 2. The molecular weight excluding hydrogens is 266 g/mol. The molecule has 0 heterocycles. The molecule has 4 heteroatoms. The van der Waals surface area contributed by atoms with E-state index in [0.717, 1.165) is 38.5 Å². The van der Waals surface area contributed by atoms with Gasteiger partial charge in [-0.3, -0.25) is 4.79 Å². The summed E-state index contributed by atoms with van der Waals surface area (Å²) in [5, 5.41) is 12.7. The summed E-state index contributed by atoms with van der Waals surface area (Å²) in [7, 11) is 0. The molecule has 1 saturated carbocycles. The van der Waals surface area contributed by atoms with Gasteiger partial charge in [-0.2, -0.15) is 0 Å². The van der Waals surface area contributed by atoms with Gasteiger partial charge in [0.15, 0.2) is 0 Å². The Morgan fingerprint density at radius 1 is 1.38 bits per heavy atom. The van der Waals surface area contributed by atoms with E-state index in [1.807, 2.05) is 13.8 Å². The van der Waals surface area contributed by atoms with Crippen molar-refractivity contribution in [3.05, 3.63) is 12.7 Å². The van der Waals surface area contributed by atoms with Crippen LogP contribution in [0.15, 0.2) is 12.7 Å². The summed E-state index contributed by atoms with van der Waals surface area (Å²) in [5.74, 6) is -0.733. The number of hydrogen-bond donors (Lipinski definition) is 2. The molecule has 1 fully saturated rings. The van der Waals surface area contributed by atoms with E-state index in [2.05, 4.69) is 11.9 Å². The molecule has 0 saturated heterocycles. The first kappa shape index (κ1) is 17.7. The number of allylic oxidation sites excluding steroid dienone is 1. The summed E-state index contributed by atoms with van der Waals surface area (Å²) in [6.45, 7) is 7.66. The molecule has 1 atom stereocenters. The molecule has 0 radical (unpaired) electrons. The van der Waals surface area contributed by atoms with E-state index < -0.39 is 11.5 Å². The van der Waals surface area contributed by atoms with Gasteiger partial charge in [0.1, 0.15) is 5.54 Å². The van der Waals surface area contributed by atoms with Crippen LogP contribution in [0, 0.1) is 11.8 Å². The average molecular weight is 295 g/mol. The van der Waals surface area contributed by atoms with Gasteiger partial charge in [-0.1, -0.05) is 32.8 Å². The lowest BCUT2D eigenvalue weighted by Crippen LogP contribution is -2.59. The van der Waals surface area contributed by atoms with Gasteiger partial charge in [-0.05, 0) is 43.9 Å². The standard InChI is InChI=1S/C17H29NO3/c1-4-5-6-11-15(19)18-17(16(20)21,12-13(2)3)14-9-7-8-10-14/h4,13-14H,1,5-12H2,2-3H3,(H,18,19)(H,20,21)/t17-/m1/s1. The van der Waals surface area contributed by atoms with E-state index in [1.165, 1.54) is 0 Å². The van der Waals surface area contributed by atoms with E-state index in [0.29, 0.717) is 12.8 Å². The largest absolute Gasteiger partial charge is 0.479 e. The number of carboxylic acids is 1. The van der Waals surface area contributed by atoms with Gasteiger partial charge in [-0.25, -0.2) is 4.79 Å². The molecule has 0 aromatic heterocycles. The second-order valence-corrected chi connectivity index (χ2v) is 6.58. The van der Waals surface area contributed by atoms with Gasteiger partial charge in [0.2, 0.25) is 5.91 Å². The molecule has 0 spiro atoms. The number of carboxylic acid groups (broad SMARTS) is 1. The van der Waals surface area contributed by atoms with Crippen LogP contribution in [0.2, 0.25) is 0 Å². The lowest BCUT2D eigenvalue weighted by atomic mass is 9.76. The van der Waals surface area contributed by atoms with Crippen LogP contribution in [0.3, 0.4) is 0 Å². The Labute approximate surface area is 128 Å². The van der Waals surface area contributed by atoms with Crippen molar-refractivity contribution < 1.29 is 14.7 Å². The summed E-state index contributed by atoms with van der Waals surface area (Å²) in [6, 6.07) is 0. The van der Waals surface area contributed by atoms with E-state index in [9.17, 15) is 14.7 Å². The minimum atomic E-state index is -1.09. The van der Waals surface area contributed by atoms with Gasteiger partial charge in [0, 0.05) is 6.42 Å². The van der Waals surface area contributed by atoms with Gasteiger partial charge in [0.05, 0.1) is 0 Å². The van der Waals surface area contributed by atoms with E-state index >= 15 is 0 Å². The molecule has 0 aromatic carbocycles. The Hall–Kier alpha value is -1.32. The minimum absolute atomic E-state index is 0.0563. The number of carbonyl (C=O) groups excluding carboxylic acids is 1. The SMILES string of the molecule is C=CCCCC(=O)N[C@@](CC(C)C)(C(=O)O)C1CCCC1. The Bertz CT molecular complexity index is 372. The van der Waals surface area contributed by atoms with Crippen LogP contribution in [0.1, 0.15) is 65.2 Å². The summed E-state index contributed by atoms with van der Waals surface area (Å²) >= 11 is 0. The molecule has 0 aliphatic heterocycles. The predicted molar refractivity (Wildman–Crippen MR) is 84.0 cm³/mol. The fourth-order valence-electron chi connectivity index (χ4n) is 3.42. The van der Waals surface area contributed by atoms with Crippen molar-refractivity contribution in [2.24, 2.45) is 11.8 Å². The zero-order chi connectivity index (χ0) is 15.9. The molecule has 4 nitrogen and oxygen atoms in total. The highest BCUT2D eigenvalue weighted by Crippen LogP contribution is 2.38. The first-order chi connectivity index (χ1) is 9.92. The maximum atomic E-state index is 12.2. The van der Waals surface area contributed by atoms with Crippen LogP contribution in [-0.2, 0) is 9.59 Å². The van der Waals surface area contributed by atoms with Gasteiger partial charge < -0.3 is 10.4 Å². The van der Waals surface area contributed by atoms with Crippen LogP contribution in [-0.4, -0.2) is 22.5 Å². The second kappa shape index (κ2) is 8.20. The molecule has 0 unspecified atom stereocenters. The topological polar surface area (TPSA) is 66.4 Å². The number of amides is 1. The number of aliphatic carboxylic acids is 1. The van der Waals surface area contributed by atoms with Crippen molar-refractivity contribution in [1.29, 1.82) is 0 Å². The Morgan fingerprint density at radius 3 is 2.48 bits per heavy atom. The van der Waals surface area contributed by atoms with Crippen LogP contribution in [0.5, 0.6) is 0 Å². The number of nitrogens with one attached hydrogen (secondary N) is 1. The zero-order valence-corrected chi connectivity index (χ0v) is 13.4. The molecule has 0 aromatic rings. The van der Waals surface area contributed by atoms with Crippen molar-refractivity contribution >= 4 is 11.9 Å². The third-order valence-electron chi connectivity index (χ3n) is 4.34. The highest BCUT2D eigenvalue weighted by molar-refractivity contribution is 5.87. The average Bonchev–Trinajstić information content (AvgIpc) is 2.91. The molecular formula is C17H29NO3. The summed E-state index contributed by atoms with van der Waals surface area (Å²) < 4.78 is 0. The Balaban J connectivity index is 2.85. The Morgan fingerprint density at radius 2 is 2.00 bits per heavy atom. The Kier molecular flexibility index (Phi) is 6.93. The van der Waals surface area contributed by atoms with E-state index in [-0.39, 0.29) is 17.7 Å². The van der Waals surface area contributed by atoms with Crippen molar-refractivity contribution in [2.45, 2.75) is 70.8 Å². The van der Waals surface area contributed by atoms with Crippen molar-refractivity contribution in [2.75, 3.05) is 0 Å². The molecule has 2 N–H and O–H groups in total. The maximum absolute atomic E-state index is 12.2. The normalized spacial score (nSPS) is 18.4. The first-order valence-corrected chi connectivity index (χ1v) is 8.07. The van der Waals surface area contributed by atoms with Gasteiger partial charge in [0.25, 0.3) is 0 Å². The molecule has 120 valence electrons. The lowest BCUT2D eigenvalue weighted by Gasteiger charge is -2.37. The minimum Gasteiger partial charge on any atom is -0.479 e. The molecule has 1 rings (SSSR count). The molecule has 0 bridgehead atoms. The fraction of sp³-hybridized carbons (Fsp3) is 0.765. The van der Waals surface area contributed by atoms with Gasteiger partial charge in [-0.15, -0.1) is 6.58 Å². The molecule has 1 amide bonds. The first-order valence-electron chi connectivity index (χ1n) is 8.07. The number of rotatable bonds is 9. The van der Waals surface area contributed by atoms with E-state index in [1.54, 1.807) is 6.08 Å². The number of hydrogen-bond acceptors (Lipinski definition) is 2.